The Balaban J connectivity index is 1.59. The van der Waals surface area contributed by atoms with Crippen LogP contribution in [0.15, 0.2) is 36.5 Å². The second kappa shape index (κ2) is 8.60. The highest BCUT2D eigenvalue weighted by atomic mass is 35.5. The molecule has 1 aliphatic rings. The molecule has 1 saturated heterocycles. The van der Waals surface area contributed by atoms with Gasteiger partial charge in [0.25, 0.3) is 5.91 Å². The molecule has 2 aromatic heterocycles. The second-order valence-corrected chi connectivity index (χ2v) is 7.87. The van der Waals surface area contributed by atoms with Crippen molar-refractivity contribution in [2.45, 2.75) is 25.0 Å². The summed E-state index contributed by atoms with van der Waals surface area (Å²) in [5.41, 5.74) is 0.657. The zero-order valence-corrected chi connectivity index (χ0v) is 17.0. The van der Waals surface area contributed by atoms with Gasteiger partial charge in [0.15, 0.2) is 0 Å². The molecule has 2 amide bonds. The van der Waals surface area contributed by atoms with Crippen LogP contribution in [0.4, 0.5) is 8.78 Å². The molecule has 1 aliphatic heterocycles. The topological polar surface area (TPSA) is 101 Å². The number of likely N-dealkylation sites (tertiary alicyclic amines) is 1. The van der Waals surface area contributed by atoms with Crippen LogP contribution in [0.2, 0.25) is 5.02 Å². The van der Waals surface area contributed by atoms with E-state index in [0.717, 1.165) is 12.1 Å². The van der Waals surface area contributed by atoms with E-state index in [2.05, 4.69) is 15.3 Å². The van der Waals surface area contributed by atoms with Gasteiger partial charge in [-0.15, -0.1) is 6.10 Å². The predicted molar refractivity (Wildman–Crippen MR) is 107 cm³/mol. The number of carbonyl (C=O) groups excluding carboxylic acids is 2. The molecule has 2 N–H and O–H groups in total. The van der Waals surface area contributed by atoms with E-state index < -0.39 is 35.6 Å². The minimum Gasteiger partial charge on any atom is -0.851 e. The Morgan fingerprint density at radius 2 is 2.13 bits per heavy atom. The molecule has 7 nitrogen and oxygen atoms in total. The van der Waals surface area contributed by atoms with E-state index in [1.165, 1.54) is 23.2 Å². The lowest BCUT2D eigenvalue weighted by Crippen LogP contribution is -2.49. The monoisotopic (exact) mass is 447 g/mol. The number of rotatable bonds is 5. The van der Waals surface area contributed by atoms with Gasteiger partial charge in [0.1, 0.15) is 29.0 Å². The Bertz CT molecular complexity index is 1150. The van der Waals surface area contributed by atoms with Gasteiger partial charge in [-0.05, 0) is 30.2 Å². The molecule has 0 saturated carbocycles. The van der Waals surface area contributed by atoms with Crippen LogP contribution in [0.5, 0.6) is 0 Å². The number of nitrogens with one attached hydrogen (secondary N) is 2. The van der Waals surface area contributed by atoms with Gasteiger partial charge in [-0.3, -0.25) is 9.59 Å². The minimum atomic E-state index is -1.14. The standard InChI is InChI=1S/C21H18ClF2N4O3/c22-13-5-12-7-17(26-19(12)25-9-13)20(30)27-18(21(31)28-4-3-15(29)10-28)6-11-1-2-14(23)8-16(11)24/h1-2,5,7-9,15,18H,3-4,6,10H2,(H,25,26)(H,27,30)/q-1/t15?,18-/m0/s1. The Labute approximate surface area is 181 Å². The number of pyridine rings is 1. The second-order valence-electron chi connectivity index (χ2n) is 7.44. The number of halogens is 3. The summed E-state index contributed by atoms with van der Waals surface area (Å²) in [6.45, 7) is 0.284. The van der Waals surface area contributed by atoms with Crippen molar-refractivity contribution in [1.29, 1.82) is 0 Å². The number of aromatic nitrogens is 2. The summed E-state index contributed by atoms with van der Waals surface area (Å²) in [6, 6.07) is 5.06. The number of amides is 2. The summed E-state index contributed by atoms with van der Waals surface area (Å²) < 4.78 is 27.5. The van der Waals surface area contributed by atoms with Crippen LogP contribution in [-0.2, 0) is 11.2 Å². The summed E-state index contributed by atoms with van der Waals surface area (Å²) in [6.07, 6.45) is 0.651. The van der Waals surface area contributed by atoms with Gasteiger partial charge < -0.3 is 20.3 Å². The van der Waals surface area contributed by atoms with E-state index in [4.69, 9.17) is 11.6 Å². The van der Waals surface area contributed by atoms with E-state index in [1.54, 1.807) is 6.07 Å². The third kappa shape index (κ3) is 4.67. The fourth-order valence-corrected chi connectivity index (χ4v) is 3.77. The van der Waals surface area contributed by atoms with Gasteiger partial charge in [-0.2, -0.15) is 0 Å². The predicted octanol–water partition coefficient (Wildman–Crippen LogP) is 1.80. The largest absolute Gasteiger partial charge is 0.851 e. The first-order valence-electron chi connectivity index (χ1n) is 9.64. The molecule has 1 unspecified atom stereocenters. The summed E-state index contributed by atoms with van der Waals surface area (Å²) in [5, 5.41) is 15.3. The van der Waals surface area contributed by atoms with Crippen molar-refractivity contribution in [2.75, 3.05) is 13.1 Å². The SMILES string of the molecule is O=C(N[C@@H](Cc1ccc(F)cc1F)C(=O)N1CCC([O-])C1)c1cc2cc(Cl)cnc2[nH]1. The molecule has 31 heavy (non-hydrogen) atoms. The summed E-state index contributed by atoms with van der Waals surface area (Å²) in [4.78, 5) is 34.1. The molecule has 10 heteroatoms. The number of hydrogen-bond donors (Lipinski definition) is 2. The van der Waals surface area contributed by atoms with Gasteiger partial charge in [0, 0.05) is 37.2 Å². The van der Waals surface area contributed by atoms with E-state index >= 15 is 0 Å². The molecule has 0 spiro atoms. The van der Waals surface area contributed by atoms with Crippen LogP contribution in [0.1, 0.15) is 22.5 Å². The first-order valence-corrected chi connectivity index (χ1v) is 10.0. The van der Waals surface area contributed by atoms with Crippen LogP contribution in [0.3, 0.4) is 0 Å². The van der Waals surface area contributed by atoms with Gasteiger partial charge in [0.2, 0.25) is 5.91 Å². The summed E-state index contributed by atoms with van der Waals surface area (Å²) in [5.74, 6) is -2.66. The highest BCUT2D eigenvalue weighted by Gasteiger charge is 2.30. The molecule has 3 heterocycles. The molecule has 1 aromatic carbocycles. The van der Waals surface area contributed by atoms with Crippen LogP contribution in [-0.4, -0.2) is 51.9 Å². The molecule has 0 aliphatic carbocycles. The quantitative estimate of drug-likeness (QED) is 0.622. The zero-order valence-electron chi connectivity index (χ0n) is 16.2. The van der Waals surface area contributed by atoms with Crippen molar-refractivity contribution >= 4 is 34.4 Å². The van der Waals surface area contributed by atoms with E-state index in [0.29, 0.717) is 22.5 Å². The van der Waals surface area contributed by atoms with Crippen molar-refractivity contribution in [3.63, 3.8) is 0 Å². The first-order chi connectivity index (χ1) is 14.8. The van der Waals surface area contributed by atoms with Crippen LogP contribution in [0.25, 0.3) is 11.0 Å². The van der Waals surface area contributed by atoms with Crippen molar-refractivity contribution < 1.29 is 23.5 Å². The summed E-state index contributed by atoms with van der Waals surface area (Å²) in [7, 11) is 0. The Morgan fingerprint density at radius 3 is 2.84 bits per heavy atom. The average molecular weight is 448 g/mol. The lowest BCUT2D eigenvalue weighted by molar-refractivity contribution is -0.413. The van der Waals surface area contributed by atoms with Crippen molar-refractivity contribution in [1.82, 2.24) is 20.2 Å². The maximum atomic E-state index is 14.2. The Kier molecular flexibility index (Phi) is 5.88. The number of hydrogen-bond acceptors (Lipinski definition) is 4. The van der Waals surface area contributed by atoms with Crippen LogP contribution >= 0.6 is 11.6 Å². The molecule has 4 rings (SSSR count). The van der Waals surface area contributed by atoms with E-state index in [-0.39, 0.29) is 30.8 Å². The molecular formula is C21H18ClF2N4O3-. The lowest BCUT2D eigenvalue weighted by atomic mass is 10.0. The number of nitrogens with zero attached hydrogens (tertiary/aromatic N) is 2. The third-order valence-corrected chi connectivity index (χ3v) is 5.39. The number of carbonyl (C=O) groups is 2. The fourth-order valence-electron chi connectivity index (χ4n) is 3.60. The molecule has 2 atom stereocenters. The fraction of sp³-hybridized carbons (Fsp3) is 0.286. The Morgan fingerprint density at radius 1 is 1.32 bits per heavy atom. The van der Waals surface area contributed by atoms with Crippen molar-refractivity contribution in [3.8, 4) is 0 Å². The zero-order chi connectivity index (χ0) is 22.1. The summed E-state index contributed by atoms with van der Waals surface area (Å²) >= 11 is 5.92. The van der Waals surface area contributed by atoms with E-state index in [9.17, 15) is 23.5 Å². The number of benzene rings is 1. The number of fused-ring (bicyclic) bond motifs is 1. The van der Waals surface area contributed by atoms with Crippen LogP contribution in [0, 0.1) is 11.6 Å². The minimum absolute atomic E-state index is 0.0198. The first kappa shape index (κ1) is 21.2. The van der Waals surface area contributed by atoms with Crippen molar-refractivity contribution in [2.24, 2.45) is 0 Å². The molecular weight excluding hydrogens is 430 g/mol. The van der Waals surface area contributed by atoms with Gasteiger partial charge in [-0.25, -0.2) is 13.8 Å². The average Bonchev–Trinajstić information content (AvgIpc) is 3.34. The molecule has 0 radical (unpaired) electrons. The van der Waals surface area contributed by atoms with Gasteiger partial charge in [0.05, 0.1) is 5.02 Å². The highest BCUT2D eigenvalue weighted by molar-refractivity contribution is 6.31. The maximum Gasteiger partial charge on any atom is 0.268 e. The van der Waals surface area contributed by atoms with Gasteiger partial charge in [-0.1, -0.05) is 17.7 Å². The molecule has 0 bridgehead atoms. The number of aromatic amines is 1. The maximum absolute atomic E-state index is 14.2. The molecule has 3 aromatic rings. The Hall–Kier alpha value is -3.04. The normalized spacial score (nSPS) is 17.2. The lowest BCUT2D eigenvalue weighted by Gasteiger charge is -2.25. The van der Waals surface area contributed by atoms with Gasteiger partial charge >= 0.3 is 0 Å². The van der Waals surface area contributed by atoms with Crippen molar-refractivity contribution in [3.05, 3.63) is 64.4 Å². The molecule has 162 valence electrons. The third-order valence-electron chi connectivity index (χ3n) is 5.18. The van der Waals surface area contributed by atoms with E-state index in [1.807, 2.05) is 0 Å². The highest BCUT2D eigenvalue weighted by Crippen LogP contribution is 2.19. The smallest absolute Gasteiger partial charge is 0.268 e. The number of H-pyrrole nitrogens is 1. The van der Waals surface area contributed by atoms with Crippen LogP contribution < -0.4 is 10.4 Å². The molecule has 1 fully saturated rings.